The zero-order valence-electron chi connectivity index (χ0n) is 11.5. The number of rotatable bonds is 6. The third-order valence-corrected chi connectivity index (χ3v) is 4.38. The van der Waals surface area contributed by atoms with Crippen molar-refractivity contribution < 1.29 is 4.74 Å². The third-order valence-electron chi connectivity index (χ3n) is 4.38. The Hall–Kier alpha value is -0.930. The van der Waals surface area contributed by atoms with E-state index >= 15 is 0 Å². The van der Waals surface area contributed by atoms with Gasteiger partial charge in [0.2, 0.25) is 0 Å². The van der Waals surface area contributed by atoms with E-state index in [1.54, 1.807) is 7.11 Å². The first-order valence-corrected chi connectivity index (χ1v) is 6.90. The van der Waals surface area contributed by atoms with Crippen LogP contribution >= 0.6 is 0 Å². The van der Waals surface area contributed by atoms with Crippen molar-refractivity contribution in [3.63, 3.8) is 0 Å². The van der Waals surface area contributed by atoms with Gasteiger partial charge in [-0.3, -0.25) is 4.98 Å². The van der Waals surface area contributed by atoms with Crippen molar-refractivity contribution in [3.8, 4) is 0 Å². The summed E-state index contributed by atoms with van der Waals surface area (Å²) in [4.78, 5) is 4.14. The first kappa shape index (κ1) is 13.5. The lowest BCUT2D eigenvalue weighted by molar-refractivity contribution is 0.194. The molecule has 1 fully saturated rings. The number of pyridine rings is 1. The van der Waals surface area contributed by atoms with Crippen LogP contribution < -0.4 is 5.32 Å². The smallest absolute Gasteiger partial charge is 0.0587 e. The standard InChI is InChI=1S/C15H24N2O/c1-13-4-3-7-15(13,12-17-10-11-18-2)14-5-8-16-9-6-14/h5-6,8-9,13,17H,3-4,7,10-12H2,1-2H3. The van der Waals surface area contributed by atoms with E-state index in [2.05, 4.69) is 29.4 Å². The molecule has 2 unspecified atom stereocenters. The molecule has 18 heavy (non-hydrogen) atoms. The van der Waals surface area contributed by atoms with E-state index in [9.17, 15) is 0 Å². The van der Waals surface area contributed by atoms with Crippen LogP contribution in [0.2, 0.25) is 0 Å². The van der Waals surface area contributed by atoms with Gasteiger partial charge >= 0.3 is 0 Å². The summed E-state index contributed by atoms with van der Waals surface area (Å²) in [6.45, 7) is 5.13. The van der Waals surface area contributed by atoms with Gasteiger partial charge in [-0.15, -0.1) is 0 Å². The van der Waals surface area contributed by atoms with Crippen molar-refractivity contribution in [1.82, 2.24) is 10.3 Å². The summed E-state index contributed by atoms with van der Waals surface area (Å²) in [6.07, 6.45) is 7.76. The molecule has 2 atom stereocenters. The minimum Gasteiger partial charge on any atom is -0.383 e. The topological polar surface area (TPSA) is 34.1 Å². The second-order valence-electron chi connectivity index (χ2n) is 5.35. The van der Waals surface area contributed by atoms with E-state index in [0.29, 0.717) is 0 Å². The van der Waals surface area contributed by atoms with E-state index in [4.69, 9.17) is 4.74 Å². The fraction of sp³-hybridized carbons (Fsp3) is 0.667. The van der Waals surface area contributed by atoms with Gasteiger partial charge in [0.1, 0.15) is 0 Å². The fourth-order valence-electron chi connectivity index (χ4n) is 3.21. The molecule has 1 saturated carbocycles. The number of hydrogen-bond donors (Lipinski definition) is 1. The molecule has 0 spiro atoms. The normalized spacial score (nSPS) is 27.6. The highest BCUT2D eigenvalue weighted by atomic mass is 16.5. The molecule has 0 aliphatic heterocycles. The van der Waals surface area contributed by atoms with Crippen LogP contribution in [0.1, 0.15) is 31.7 Å². The van der Waals surface area contributed by atoms with E-state index in [-0.39, 0.29) is 5.41 Å². The minimum absolute atomic E-state index is 0.288. The lowest BCUT2D eigenvalue weighted by Gasteiger charge is -2.35. The Balaban J connectivity index is 2.09. The number of nitrogens with zero attached hydrogens (tertiary/aromatic N) is 1. The SMILES string of the molecule is COCCNCC1(c2ccncc2)CCCC1C. The number of methoxy groups -OCH3 is 1. The molecule has 1 aliphatic rings. The lowest BCUT2D eigenvalue weighted by atomic mass is 9.73. The van der Waals surface area contributed by atoms with E-state index in [0.717, 1.165) is 25.6 Å². The number of hydrogen-bond acceptors (Lipinski definition) is 3. The third kappa shape index (κ3) is 2.73. The Morgan fingerprint density at radius 3 is 2.83 bits per heavy atom. The van der Waals surface area contributed by atoms with Crippen LogP contribution in [0.25, 0.3) is 0 Å². The zero-order valence-corrected chi connectivity index (χ0v) is 11.5. The highest BCUT2D eigenvalue weighted by Crippen LogP contribution is 2.44. The maximum absolute atomic E-state index is 5.10. The predicted octanol–water partition coefficient (Wildman–Crippen LogP) is 2.38. The van der Waals surface area contributed by atoms with Crippen LogP contribution in [-0.2, 0) is 10.2 Å². The van der Waals surface area contributed by atoms with Gasteiger partial charge in [0.25, 0.3) is 0 Å². The summed E-state index contributed by atoms with van der Waals surface area (Å²) in [6, 6.07) is 4.36. The summed E-state index contributed by atoms with van der Waals surface area (Å²) in [5.41, 5.74) is 1.73. The molecule has 0 bridgehead atoms. The first-order valence-electron chi connectivity index (χ1n) is 6.90. The largest absolute Gasteiger partial charge is 0.383 e. The van der Waals surface area contributed by atoms with Crippen molar-refractivity contribution in [2.75, 3.05) is 26.8 Å². The van der Waals surface area contributed by atoms with Crippen molar-refractivity contribution in [3.05, 3.63) is 30.1 Å². The fourth-order valence-corrected chi connectivity index (χ4v) is 3.21. The Morgan fingerprint density at radius 2 is 2.22 bits per heavy atom. The van der Waals surface area contributed by atoms with Gasteiger partial charge in [-0.25, -0.2) is 0 Å². The van der Waals surface area contributed by atoms with E-state index < -0.39 is 0 Å². The Labute approximate surface area is 110 Å². The van der Waals surface area contributed by atoms with Gasteiger partial charge < -0.3 is 10.1 Å². The summed E-state index contributed by atoms with van der Waals surface area (Å²) < 4.78 is 5.10. The van der Waals surface area contributed by atoms with Crippen LogP contribution in [0.5, 0.6) is 0 Å². The average molecular weight is 248 g/mol. The van der Waals surface area contributed by atoms with E-state index in [1.807, 2.05) is 12.4 Å². The molecule has 3 heteroatoms. The Morgan fingerprint density at radius 1 is 1.44 bits per heavy atom. The first-order chi connectivity index (χ1) is 8.79. The maximum Gasteiger partial charge on any atom is 0.0587 e. The Bertz CT molecular complexity index is 355. The number of nitrogens with one attached hydrogen (secondary N) is 1. The van der Waals surface area contributed by atoms with E-state index in [1.165, 1.54) is 24.8 Å². The highest BCUT2D eigenvalue weighted by Gasteiger charge is 2.41. The average Bonchev–Trinajstić information content (AvgIpc) is 2.78. The van der Waals surface area contributed by atoms with Gasteiger partial charge in [0.05, 0.1) is 6.61 Å². The van der Waals surface area contributed by atoms with Crippen LogP contribution in [0.3, 0.4) is 0 Å². The van der Waals surface area contributed by atoms with Gasteiger partial charge in [-0.2, -0.15) is 0 Å². The molecular weight excluding hydrogens is 224 g/mol. The van der Waals surface area contributed by atoms with Crippen LogP contribution in [0.15, 0.2) is 24.5 Å². The molecule has 1 aromatic heterocycles. The van der Waals surface area contributed by atoms with Crippen LogP contribution in [-0.4, -0.2) is 31.8 Å². The summed E-state index contributed by atoms with van der Waals surface area (Å²) in [5.74, 6) is 0.731. The van der Waals surface area contributed by atoms with Gasteiger partial charge in [0.15, 0.2) is 0 Å². The molecule has 0 aromatic carbocycles. The second-order valence-corrected chi connectivity index (χ2v) is 5.35. The summed E-state index contributed by atoms with van der Waals surface area (Å²) in [5, 5.41) is 3.55. The number of aromatic nitrogens is 1. The molecule has 1 N–H and O–H groups in total. The Kier molecular flexibility index (Phi) is 4.72. The van der Waals surface area contributed by atoms with Crippen molar-refractivity contribution in [2.24, 2.45) is 5.92 Å². The molecule has 0 amide bonds. The predicted molar refractivity (Wildman–Crippen MR) is 73.7 cm³/mol. The summed E-state index contributed by atoms with van der Waals surface area (Å²) >= 11 is 0. The quantitative estimate of drug-likeness (QED) is 0.785. The number of ether oxygens (including phenoxy) is 1. The molecular formula is C15H24N2O. The highest BCUT2D eigenvalue weighted by molar-refractivity contribution is 5.26. The molecule has 2 rings (SSSR count). The van der Waals surface area contributed by atoms with Gasteiger partial charge in [-0.1, -0.05) is 13.3 Å². The molecule has 100 valence electrons. The molecule has 0 saturated heterocycles. The lowest BCUT2D eigenvalue weighted by Crippen LogP contribution is -2.41. The maximum atomic E-state index is 5.10. The van der Waals surface area contributed by atoms with Gasteiger partial charge in [0, 0.05) is 38.0 Å². The summed E-state index contributed by atoms with van der Waals surface area (Å²) in [7, 11) is 1.75. The van der Waals surface area contributed by atoms with Gasteiger partial charge in [-0.05, 0) is 36.5 Å². The molecule has 1 aromatic rings. The molecule has 3 nitrogen and oxygen atoms in total. The second kappa shape index (κ2) is 6.30. The van der Waals surface area contributed by atoms with Crippen molar-refractivity contribution >= 4 is 0 Å². The molecule has 0 radical (unpaired) electrons. The molecule has 1 heterocycles. The van der Waals surface area contributed by atoms with Crippen molar-refractivity contribution in [2.45, 2.75) is 31.6 Å². The minimum atomic E-state index is 0.288. The zero-order chi connectivity index (χ0) is 12.8. The molecule has 1 aliphatic carbocycles. The monoisotopic (exact) mass is 248 g/mol. The van der Waals surface area contributed by atoms with Crippen LogP contribution in [0.4, 0.5) is 0 Å². The van der Waals surface area contributed by atoms with Crippen molar-refractivity contribution in [1.29, 1.82) is 0 Å². The van der Waals surface area contributed by atoms with Crippen LogP contribution in [0, 0.1) is 5.92 Å².